The van der Waals surface area contributed by atoms with Gasteiger partial charge in [-0.2, -0.15) is 0 Å². The van der Waals surface area contributed by atoms with E-state index < -0.39 is 0 Å². The van der Waals surface area contributed by atoms with Crippen LogP contribution >= 0.6 is 0 Å². The van der Waals surface area contributed by atoms with E-state index in [4.69, 9.17) is 0 Å². The molecule has 2 aliphatic rings. The first-order valence-electron chi connectivity index (χ1n) is 5.88. The minimum absolute atomic E-state index is 0.202. The van der Waals surface area contributed by atoms with Crippen LogP contribution in [0.5, 0.6) is 0 Å². The fourth-order valence-electron chi connectivity index (χ4n) is 2.61. The maximum absolute atomic E-state index is 11.9. The summed E-state index contributed by atoms with van der Waals surface area (Å²) in [5, 5.41) is 6.20. The first kappa shape index (κ1) is 10.5. The average molecular weight is 233 g/mol. The van der Waals surface area contributed by atoms with Crippen molar-refractivity contribution in [2.45, 2.75) is 13.0 Å². The van der Waals surface area contributed by atoms with Gasteiger partial charge in [0.25, 0.3) is 5.91 Å². The summed E-state index contributed by atoms with van der Waals surface area (Å²) in [5.41, 5.74) is 0.746. The van der Waals surface area contributed by atoms with Crippen molar-refractivity contribution in [3.63, 3.8) is 0 Å². The molecule has 0 spiro atoms. The lowest BCUT2D eigenvalue weighted by molar-refractivity contribution is 0.0945. The standard InChI is InChI=1S/C12H15N3O2/c1-6-2-10(16)9(5-14-6)12(17)15-11-7-3-13-4-8(7)11/h2,5,7-8,11,13H,3-4H2,1H3,(H,14,16)(H,15,17). The van der Waals surface area contributed by atoms with Crippen molar-refractivity contribution in [2.75, 3.05) is 13.1 Å². The normalized spacial score (nSPS) is 29.8. The fourth-order valence-corrected chi connectivity index (χ4v) is 2.61. The Labute approximate surface area is 98.6 Å². The van der Waals surface area contributed by atoms with Crippen LogP contribution in [0, 0.1) is 18.8 Å². The zero-order valence-corrected chi connectivity index (χ0v) is 9.62. The number of rotatable bonds is 2. The second-order valence-electron chi connectivity index (χ2n) is 4.88. The number of aromatic amines is 1. The van der Waals surface area contributed by atoms with Gasteiger partial charge in [-0.3, -0.25) is 9.59 Å². The van der Waals surface area contributed by atoms with Crippen LogP contribution < -0.4 is 16.1 Å². The molecular weight excluding hydrogens is 218 g/mol. The van der Waals surface area contributed by atoms with Crippen molar-refractivity contribution >= 4 is 5.91 Å². The lowest BCUT2D eigenvalue weighted by Crippen LogP contribution is -2.35. The van der Waals surface area contributed by atoms with Crippen LogP contribution in [0.3, 0.4) is 0 Å². The van der Waals surface area contributed by atoms with Gasteiger partial charge in [0.15, 0.2) is 5.43 Å². The second-order valence-corrected chi connectivity index (χ2v) is 4.88. The van der Waals surface area contributed by atoms with Gasteiger partial charge in [-0.25, -0.2) is 0 Å². The van der Waals surface area contributed by atoms with Gasteiger partial charge in [0.2, 0.25) is 0 Å². The van der Waals surface area contributed by atoms with Gasteiger partial charge < -0.3 is 15.6 Å². The Morgan fingerprint density at radius 3 is 2.76 bits per heavy atom. The Bertz CT molecular complexity index is 513. The maximum atomic E-state index is 11.9. The van der Waals surface area contributed by atoms with Crippen LogP contribution in [0.25, 0.3) is 0 Å². The molecule has 1 saturated carbocycles. The summed E-state index contributed by atoms with van der Waals surface area (Å²) in [6, 6.07) is 1.70. The average Bonchev–Trinajstić information content (AvgIpc) is 2.74. The number of aryl methyl sites for hydroxylation is 1. The quantitative estimate of drug-likeness (QED) is 0.652. The molecule has 2 heterocycles. The number of piperidine rings is 1. The van der Waals surface area contributed by atoms with Gasteiger partial charge in [0.05, 0.1) is 0 Å². The summed E-state index contributed by atoms with van der Waals surface area (Å²) in [6.45, 7) is 3.74. The van der Waals surface area contributed by atoms with Crippen LogP contribution in [-0.2, 0) is 0 Å². The minimum atomic E-state index is -0.259. The van der Waals surface area contributed by atoms with E-state index in [0.717, 1.165) is 18.8 Å². The zero-order valence-electron chi connectivity index (χ0n) is 9.62. The summed E-state index contributed by atoms with van der Waals surface area (Å²) in [4.78, 5) is 26.4. The Morgan fingerprint density at radius 1 is 1.41 bits per heavy atom. The highest BCUT2D eigenvalue weighted by Crippen LogP contribution is 2.41. The first-order valence-corrected chi connectivity index (χ1v) is 5.88. The van der Waals surface area contributed by atoms with Gasteiger partial charge in [-0.15, -0.1) is 0 Å². The zero-order chi connectivity index (χ0) is 12.0. The molecule has 17 heavy (non-hydrogen) atoms. The Kier molecular flexibility index (Phi) is 2.29. The molecule has 0 aromatic carbocycles. The Hall–Kier alpha value is -1.62. The van der Waals surface area contributed by atoms with E-state index in [9.17, 15) is 9.59 Å². The molecule has 0 radical (unpaired) electrons. The second kappa shape index (κ2) is 3.70. The lowest BCUT2D eigenvalue weighted by Gasteiger charge is -2.07. The van der Waals surface area contributed by atoms with Crippen molar-refractivity contribution in [3.05, 3.63) is 33.7 Å². The molecule has 1 aliphatic heterocycles. The lowest BCUT2D eigenvalue weighted by atomic mass is 10.2. The molecule has 2 fully saturated rings. The number of H-pyrrole nitrogens is 1. The number of pyridine rings is 1. The molecular formula is C12H15N3O2. The number of carbonyl (C=O) groups is 1. The van der Waals surface area contributed by atoms with Crippen molar-refractivity contribution < 1.29 is 4.79 Å². The number of aromatic nitrogens is 1. The van der Waals surface area contributed by atoms with E-state index in [1.165, 1.54) is 12.3 Å². The van der Waals surface area contributed by atoms with Gasteiger partial charge in [-0.1, -0.05) is 0 Å². The monoisotopic (exact) mass is 233 g/mol. The van der Waals surface area contributed by atoms with E-state index >= 15 is 0 Å². The van der Waals surface area contributed by atoms with E-state index in [1.807, 2.05) is 0 Å². The van der Waals surface area contributed by atoms with E-state index in [2.05, 4.69) is 15.6 Å². The molecule has 0 bridgehead atoms. The molecule has 90 valence electrons. The summed E-state index contributed by atoms with van der Waals surface area (Å²) in [5.74, 6) is 0.859. The molecule has 3 N–H and O–H groups in total. The molecule has 1 amide bonds. The molecule has 2 atom stereocenters. The van der Waals surface area contributed by atoms with Crippen molar-refractivity contribution in [1.82, 2.24) is 15.6 Å². The number of hydrogen-bond acceptors (Lipinski definition) is 3. The van der Waals surface area contributed by atoms with Crippen LogP contribution in [0.15, 0.2) is 17.1 Å². The Morgan fingerprint density at radius 2 is 2.12 bits per heavy atom. The number of nitrogens with one attached hydrogen (secondary N) is 3. The fraction of sp³-hybridized carbons (Fsp3) is 0.500. The Balaban J connectivity index is 1.72. The summed E-state index contributed by atoms with van der Waals surface area (Å²) in [7, 11) is 0. The van der Waals surface area contributed by atoms with Crippen LogP contribution in [0.2, 0.25) is 0 Å². The van der Waals surface area contributed by atoms with E-state index in [1.54, 1.807) is 6.92 Å². The summed E-state index contributed by atoms with van der Waals surface area (Å²) in [6.07, 6.45) is 1.49. The number of hydrogen-bond donors (Lipinski definition) is 3. The molecule has 1 saturated heterocycles. The van der Waals surface area contributed by atoms with Crippen LogP contribution in [0.1, 0.15) is 16.1 Å². The van der Waals surface area contributed by atoms with Crippen molar-refractivity contribution in [1.29, 1.82) is 0 Å². The highest BCUT2D eigenvalue weighted by atomic mass is 16.2. The largest absolute Gasteiger partial charge is 0.364 e. The third-order valence-corrected chi connectivity index (χ3v) is 3.69. The third kappa shape index (κ3) is 1.76. The number of amides is 1. The topological polar surface area (TPSA) is 74.0 Å². The van der Waals surface area contributed by atoms with Gasteiger partial charge >= 0.3 is 0 Å². The van der Waals surface area contributed by atoms with Gasteiger partial charge in [0.1, 0.15) is 5.56 Å². The molecule has 5 heteroatoms. The molecule has 1 aliphatic carbocycles. The maximum Gasteiger partial charge on any atom is 0.256 e. The minimum Gasteiger partial charge on any atom is -0.364 e. The first-order chi connectivity index (χ1) is 8.16. The summed E-state index contributed by atoms with van der Waals surface area (Å²) >= 11 is 0. The van der Waals surface area contributed by atoms with E-state index in [0.29, 0.717) is 11.8 Å². The van der Waals surface area contributed by atoms with Crippen LogP contribution in [0.4, 0.5) is 0 Å². The highest BCUT2D eigenvalue weighted by Gasteiger charge is 2.53. The predicted molar refractivity (Wildman–Crippen MR) is 62.9 cm³/mol. The van der Waals surface area contributed by atoms with Crippen LogP contribution in [-0.4, -0.2) is 30.0 Å². The number of fused-ring (bicyclic) bond motifs is 1. The van der Waals surface area contributed by atoms with Crippen molar-refractivity contribution in [2.24, 2.45) is 11.8 Å². The third-order valence-electron chi connectivity index (χ3n) is 3.69. The number of carbonyl (C=O) groups excluding carboxylic acids is 1. The van der Waals surface area contributed by atoms with Gasteiger partial charge in [0, 0.05) is 37.1 Å². The predicted octanol–water partition coefficient (Wildman–Crippen LogP) is -0.369. The summed E-state index contributed by atoms with van der Waals surface area (Å²) < 4.78 is 0. The van der Waals surface area contributed by atoms with E-state index in [-0.39, 0.29) is 22.9 Å². The molecule has 2 unspecified atom stereocenters. The van der Waals surface area contributed by atoms with Gasteiger partial charge in [-0.05, 0) is 18.8 Å². The smallest absolute Gasteiger partial charge is 0.256 e. The SMILES string of the molecule is Cc1cc(=O)c(C(=O)NC2C3CNCC32)c[nH]1. The molecule has 1 aromatic heterocycles. The molecule has 3 rings (SSSR count). The highest BCUT2D eigenvalue weighted by molar-refractivity contribution is 5.94. The molecule has 5 nitrogen and oxygen atoms in total. The van der Waals surface area contributed by atoms with Crippen molar-refractivity contribution in [3.8, 4) is 0 Å². The molecule has 1 aromatic rings.